The topological polar surface area (TPSA) is 62.2 Å². The van der Waals surface area contributed by atoms with Crippen molar-refractivity contribution in [1.82, 2.24) is 9.36 Å². The summed E-state index contributed by atoms with van der Waals surface area (Å²) in [5.41, 5.74) is 7.41. The second kappa shape index (κ2) is 6.58. The number of hydrogen-bond donors (Lipinski definition) is 1. The molecule has 0 amide bonds. The van der Waals surface area contributed by atoms with Gasteiger partial charge in [-0.1, -0.05) is 19.1 Å². The first kappa shape index (κ1) is 15.3. The molecule has 0 spiro atoms. The van der Waals surface area contributed by atoms with Gasteiger partial charge in [-0.25, -0.2) is 9.07 Å². The van der Waals surface area contributed by atoms with Crippen LogP contribution in [0.5, 0.6) is 0 Å². The van der Waals surface area contributed by atoms with E-state index in [0.717, 1.165) is 12.0 Å². The van der Waals surface area contributed by atoms with Crippen LogP contribution in [0.25, 0.3) is 0 Å². The molecule has 0 radical (unpaired) electrons. The monoisotopic (exact) mass is 293 g/mol. The number of methoxy groups -OCH3 is 1. The highest BCUT2D eigenvalue weighted by Gasteiger charge is 2.17. The lowest BCUT2D eigenvalue weighted by molar-refractivity contribution is 0.175. The number of aromatic nitrogens is 2. The van der Waals surface area contributed by atoms with Gasteiger partial charge in [0.25, 0.3) is 5.56 Å². The summed E-state index contributed by atoms with van der Waals surface area (Å²) in [4.78, 5) is 12.3. The van der Waals surface area contributed by atoms with Crippen LogP contribution in [0.15, 0.2) is 29.1 Å². The van der Waals surface area contributed by atoms with Crippen LogP contribution < -0.4 is 11.3 Å². The Bertz CT molecular complexity index is 659. The van der Waals surface area contributed by atoms with Gasteiger partial charge in [-0.2, -0.15) is 0 Å². The molecule has 0 fully saturated rings. The zero-order valence-corrected chi connectivity index (χ0v) is 12.3. The highest BCUT2D eigenvalue weighted by Crippen LogP contribution is 2.13. The first-order valence-corrected chi connectivity index (χ1v) is 6.89. The molecule has 0 atom stereocenters. The van der Waals surface area contributed by atoms with Gasteiger partial charge in [-0.05, 0) is 24.1 Å². The maximum absolute atomic E-state index is 13.0. The Balaban J connectivity index is 2.44. The quantitative estimate of drug-likeness (QED) is 0.886. The summed E-state index contributed by atoms with van der Waals surface area (Å²) in [6.07, 6.45) is 0.869. The van der Waals surface area contributed by atoms with E-state index in [0.29, 0.717) is 18.8 Å². The summed E-state index contributed by atoms with van der Waals surface area (Å²) >= 11 is 0. The van der Waals surface area contributed by atoms with Crippen molar-refractivity contribution < 1.29 is 9.13 Å². The van der Waals surface area contributed by atoms with E-state index >= 15 is 0 Å². The number of nitrogen functional groups attached to an aromatic ring is 1. The molecule has 2 rings (SSSR count). The largest absolute Gasteiger partial charge is 0.393 e. The number of anilines is 1. The molecule has 5 nitrogen and oxygen atoms in total. The molecule has 1 heterocycles. The van der Waals surface area contributed by atoms with Crippen LogP contribution in [-0.2, 0) is 24.4 Å². The van der Waals surface area contributed by atoms with Crippen LogP contribution in [0.4, 0.5) is 10.1 Å². The van der Waals surface area contributed by atoms with Crippen LogP contribution in [0.3, 0.4) is 0 Å². The Labute approximate surface area is 122 Å². The fourth-order valence-electron chi connectivity index (χ4n) is 2.33. The Morgan fingerprint density at radius 3 is 2.48 bits per heavy atom. The van der Waals surface area contributed by atoms with E-state index in [-0.39, 0.29) is 23.7 Å². The van der Waals surface area contributed by atoms with E-state index in [4.69, 9.17) is 10.5 Å². The normalized spacial score (nSPS) is 11.0. The fraction of sp³-hybridized carbons (Fsp3) is 0.400. The van der Waals surface area contributed by atoms with Crippen molar-refractivity contribution in [2.75, 3.05) is 12.8 Å². The van der Waals surface area contributed by atoms with Crippen molar-refractivity contribution in [2.45, 2.75) is 33.0 Å². The van der Waals surface area contributed by atoms with Crippen molar-refractivity contribution in [1.29, 1.82) is 0 Å². The average Bonchev–Trinajstić information content (AvgIpc) is 2.68. The van der Waals surface area contributed by atoms with Gasteiger partial charge in [0.05, 0.1) is 18.8 Å². The first-order chi connectivity index (χ1) is 10.1. The Hall–Kier alpha value is -2.08. The van der Waals surface area contributed by atoms with E-state index in [9.17, 15) is 9.18 Å². The summed E-state index contributed by atoms with van der Waals surface area (Å²) in [5.74, 6) is -0.297. The predicted octanol–water partition coefficient (Wildman–Crippen LogP) is 1.98. The van der Waals surface area contributed by atoms with Crippen LogP contribution >= 0.6 is 0 Å². The zero-order valence-electron chi connectivity index (χ0n) is 12.3. The standard InChI is InChI=1S/C15H20FN3O2/c1-3-8-18-13(10-21-2)14(17)15(20)19(18)9-11-4-6-12(16)7-5-11/h4-7H,3,8-10,17H2,1-2H3. The van der Waals surface area contributed by atoms with E-state index in [1.165, 1.54) is 12.1 Å². The molecule has 0 unspecified atom stereocenters. The SMILES string of the molecule is CCCn1c(COC)c(N)c(=O)n1Cc1ccc(F)cc1. The molecule has 0 bridgehead atoms. The Morgan fingerprint density at radius 1 is 1.24 bits per heavy atom. The average molecular weight is 293 g/mol. The van der Waals surface area contributed by atoms with E-state index < -0.39 is 0 Å². The molecule has 6 heteroatoms. The summed E-state index contributed by atoms with van der Waals surface area (Å²) in [6.45, 7) is 3.34. The molecular weight excluding hydrogens is 273 g/mol. The van der Waals surface area contributed by atoms with Crippen LogP contribution in [0, 0.1) is 5.82 Å². The van der Waals surface area contributed by atoms with E-state index in [1.54, 1.807) is 23.9 Å². The highest BCUT2D eigenvalue weighted by atomic mass is 19.1. The van der Waals surface area contributed by atoms with E-state index in [1.807, 2.05) is 11.6 Å². The lowest BCUT2D eigenvalue weighted by Gasteiger charge is -2.14. The van der Waals surface area contributed by atoms with Gasteiger partial charge in [0.1, 0.15) is 11.5 Å². The van der Waals surface area contributed by atoms with Crippen LogP contribution in [0.1, 0.15) is 24.6 Å². The molecule has 1 aromatic carbocycles. The minimum Gasteiger partial charge on any atom is -0.393 e. The van der Waals surface area contributed by atoms with Gasteiger partial charge in [0.2, 0.25) is 0 Å². The van der Waals surface area contributed by atoms with Gasteiger partial charge in [-0.15, -0.1) is 0 Å². The van der Waals surface area contributed by atoms with Gasteiger partial charge in [0.15, 0.2) is 0 Å². The van der Waals surface area contributed by atoms with Crippen molar-refractivity contribution in [2.24, 2.45) is 0 Å². The van der Waals surface area contributed by atoms with Crippen molar-refractivity contribution in [3.63, 3.8) is 0 Å². The Morgan fingerprint density at radius 2 is 1.90 bits per heavy atom. The summed E-state index contributed by atoms with van der Waals surface area (Å²) in [5, 5.41) is 0. The molecule has 2 aromatic rings. The molecule has 114 valence electrons. The predicted molar refractivity (Wildman–Crippen MR) is 79.6 cm³/mol. The maximum Gasteiger partial charge on any atom is 0.290 e. The van der Waals surface area contributed by atoms with Crippen molar-refractivity contribution >= 4 is 5.69 Å². The lowest BCUT2D eigenvalue weighted by Crippen LogP contribution is -2.25. The minimum absolute atomic E-state index is 0.215. The fourth-order valence-corrected chi connectivity index (χ4v) is 2.33. The molecule has 0 aliphatic carbocycles. The molecule has 0 aliphatic heterocycles. The zero-order chi connectivity index (χ0) is 15.4. The molecule has 21 heavy (non-hydrogen) atoms. The van der Waals surface area contributed by atoms with Crippen molar-refractivity contribution in [3.8, 4) is 0 Å². The molecule has 1 aromatic heterocycles. The number of hydrogen-bond acceptors (Lipinski definition) is 3. The van der Waals surface area contributed by atoms with Gasteiger partial charge < -0.3 is 10.5 Å². The molecule has 0 saturated heterocycles. The number of nitrogens with two attached hydrogens (primary N) is 1. The molecule has 0 aliphatic rings. The maximum atomic E-state index is 13.0. The summed E-state index contributed by atoms with van der Waals surface area (Å²) in [7, 11) is 1.57. The third kappa shape index (κ3) is 3.16. The smallest absolute Gasteiger partial charge is 0.290 e. The number of nitrogens with zero attached hydrogens (tertiary/aromatic N) is 2. The van der Waals surface area contributed by atoms with Crippen molar-refractivity contribution in [3.05, 3.63) is 51.7 Å². The van der Waals surface area contributed by atoms with Crippen LogP contribution in [-0.4, -0.2) is 16.5 Å². The summed E-state index contributed by atoms with van der Waals surface area (Å²) < 4.78 is 21.5. The minimum atomic E-state index is -0.297. The number of ether oxygens (including phenoxy) is 1. The second-order valence-electron chi connectivity index (χ2n) is 4.91. The lowest BCUT2D eigenvalue weighted by atomic mass is 10.2. The Kier molecular flexibility index (Phi) is 4.80. The highest BCUT2D eigenvalue weighted by molar-refractivity contribution is 5.41. The summed E-state index contributed by atoms with van der Waals surface area (Å²) in [6, 6.07) is 6.09. The van der Waals surface area contributed by atoms with Gasteiger partial charge >= 0.3 is 0 Å². The number of halogens is 1. The molecule has 0 saturated carbocycles. The third-order valence-corrected chi connectivity index (χ3v) is 3.34. The van der Waals surface area contributed by atoms with Gasteiger partial charge in [0, 0.05) is 13.7 Å². The molecule has 2 N–H and O–H groups in total. The number of benzene rings is 1. The van der Waals surface area contributed by atoms with Crippen LogP contribution in [0.2, 0.25) is 0 Å². The molecular formula is C15H20FN3O2. The van der Waals surface area contributed by atoms with E-state index in [2.05, 4.69) is 0 Å². The first-order valence-electron chi connectivity index (χ1n) is 6.89. The number of rotatable bonds is 6. The second-order valence-corrected chi connectivity index (χ2v) is 4.91. The van der Waals surface area contributed by atoms with Gasteiger partial charge in [-0.3, -0.25) is 9.48 Å². The third-order valence-electron chi connectivity index (χ3n) is 3.34.